The van der Waals surface area contributed by atoms with Gasteiger partial charge in [-0.3, -0.25) is 19.2 Å². The highest BCUT2D eigenvalue weighted by molar-refractivity contribution is 6.33. The van der Waals surface area contributed by atoms with E-state index >= 15 is 0 Å². The molecule has 2 bridgehead atoms. The molecule has 0 N–H and O–H groups in total. The van der Waals surface area contributed by atoms with Crippen LogP contribution in [0.1, 0.15) is 23.1 Å². The van der Waals surface area contributed by atoms with Crippen molar-refractivity contribution in [2.75, 3.05) is 9.80 Å². The average Bonchev–Trinajstić information content (AvgIpc) is 3.45. The third-order valence-corrected chi connectivity index (χ3v) is 11.4. The zero-order chi connectivity index (χ0) is 30.6. The molecule has 3 aromatic rings. The van der Waals surface area contributed by atoms with Crippen LogP contribution in [0.25, 0.3) is 5.57 Å². The van der Waals surface area contributed by atoms with Gasteiger partial charge in [-0.1, -0.05) is 83.4 Å². The lowest BCUT2D eigenvalue weighted by Crippen LogP contribution is -2.51. The predicted octanol–water partition coefficient (Wildman–Crippen LogP) is 6.81. The van der Waals surface area contributed by atoms with Gasteiger partial charge in [-0.05, 0) is 72.7 Å². The number of rotatable bonds is 3. The highest BCUT2D eigenvalue weighted by atomic mass is 35.5. The molecule has 1 saturated carbocycles. The van der Waals surface area contributed by atoms with Gasteiger partial charge in [-0.15, -0.1) is 0 Å². The summed E-state index contributed by atoms with van der Waals surface area (Å²) < 4.78 is 0. The molecule has 0 radical (unpaired) electrons. The normalized spacial score (nSPS) is 30.3. The number of fused-ring (bicyclic) bond motifs is 1. The second-order valence-electron chi connectivity index (χ2n) is 12.5. The van der Waals surface area contributed by atoms with Crippen LogP contribution in [0.15, 0.2) is 84.5 Å². The van der Waals surface area contributed by atoms with Crippen LogP contribution in [-0.2, 0) is 19.2 Å². The maximum absolute atomic E-state index is 14.4. The van der Waals surface area contributed by atoms with E-state index in [0.717, 1.165) is 16.7 Å². The van der Waals surface area contributed by atoms with E-state index in [1.165, 1.54) is 9.80 Å². The SMILES string of the molecule is Cc1c(Cl)cccc1N1C(=O)[C@H]2[C@@H]3C=C[C@H](C4=C(c5ccccc5)C[C@H]5C(=O)N(c6cccc(Cl)c6C)C(=O)[C@@H]5[C@H]43)[C@H]2C1=O. The molecule has 0 spiro atoms. The van der Waals surface area contributed by atoms with Gasteiger partial charge in [-0.2, -0.15) is 0 Å². The number of imide groups is 2. The molecule has 220 valence electrons. The van der Waals surface area contributed by atoms with Gasteiger partial charge in [0, 0.05) is 21.9 Å². The molecule has 9 rings (SSSR count). The van der Waals surface area contributed by atoms with Crippen molar-refractivity contribution < 1.29 is 19.2 Å². The zero-order valence-electron chi connectivity index (χ0n) is 24.0. The van der Waals surface area contributed by atoms with Crippen molar-refractivity contribution in [3.63, 3.8) is 0 Å². The number of halogens is 2. The largest absolute Gasteiger partial charge is 0.274 e. The number of carbonyl (C=O) groups is 4. The fraction of sp³-hybridized carbons (Fsp3) is 0.278. The van der Waals surface area contributed by atoms with Crippen molar-refractivity contribution in [1.82, 2.24) is 0 Å². The summed E-state index contributed by atoms with van der Waals surface area (Å²) in [6, 6.07) is 20.4. The minimum atomic E-state index is -0.647. The quantitative estimate of drug-likeness (QED) is 0.237. The van der Waals surface area contributed by atoms with Crippen molar-refractivity contribution in [1.29, 1.82) is 0 Å². The van der Waals surface area contributed by atoms with Crippen LogP contribution in [0, 0.1) is 55.3 Å². The van der Waals surface area contributed by atoms with Crippen LogP contribution >= 0.6 is 23.2 Å². The van der Waals surface area contributed by atoms with E-state index in [4.69, 9.17) is 23.2 Å². The monoisotopic (exact) mass is 622 g/mol. The van der Waals surface area contributed by atoms with Gasteiger partial charge in [0.05, 0.1) is 35.0 Å². The van der Waals surface area contributed by atoms with E-state index < -0.39 is 35.5 Å². The number of nitrogens with zero attached hydrogens (tertiary/aromatic N) is 2. The lowest BCUT2D eigenvalue weighted by molar-refractivity contribution is -0.129. The molecule has 4 aliphatic carbocycles. The van der Waals surface area contributed by atoms with Crippen molar-refractivity contribution in [3.8, 4) is 0 Å². The number of amides is 4. The summed E-state index contributed by atoms with van der Waals surface area (Å²) >= 11 is 12.9. The zero-order valence-corrected chi connectivity index (χ0v) is 25.5. The van der Waals surface area contributed by atoms with Gasteiger partial charge in [0.1, 0.15) is 0 Å². The first kappa shape index (κ1) is 27.5. The Labute approximate surface area is 264 Å². The minimum absolute atomic E-state index is 0.241. The predicted molar refractivity (Wildman–Crippen MR) is 169 cm³/mol. The molecule has 4 amide bonds. The van der Waals surface area contributed by atoms with Gasteiger partial charge in [-0.25, -0.2) is 9.80 Å². The molecule has 0 unspecified atom stereocenters. The first-order valence-corrected chi connectivity index (χ1v) is 15.7. The molecule has 3 fully saturated rings. The first-order chi connectivity index (χ1) is 21.2. The average molecular weight is 624 g/mol. The summed E-state index contributed by atoms with van der Waals surface area (Å²) in [7, 11) is 0. The van der Waals surface area contributed by atoms with E-state index in [-0.39, 0.29) is 29.5 Å². The Morgan fingerprint density at radius 1 is 0.614 bits per heavy atom. The second kappa shape index (κ2) is 9.75. The van der Waals surface area contributed by atoms with Gasteiger partial charge < -0.3 is 0 Å². The molecule has 6 aliphatic rings. The smallest absolute Gasteiger partial charge is 0.238 e. The molecule has 2 aliphatic heterocycles. The van der Waals surface area contributed by atoms with Crippen molar-refractivity contribution in [2.45, 2.75) is 20.3 Å². The number of benzene rings is 3. The van der Waals surface area contributed by atoms with Gasteiger partial charge in [0.25, 0.3) is 0 Å². The Hall–Kier alpha value is -4.00. The van der Waals surface area contributed by atoms with E-state index in [1.54, 1.807) is 36.4 Å². The first-order valence-electron chi connectivity index (χ1n) is 14.9. The Morgan fingerprint density at radius 3 is 1.82 bits per heavy atom. The van der Waals surface area contributed by atoms with Crippen LogP contribution in [-0.4, -0.2) is 23.6 Å². The van der Waals surface area contributed by atoms with Crippen LogP contribution in [0.3, 0.4) is 0 Å². The molecular weight excluding hydrogens is 595 g/mol. The highest BCUT2D eigenvalue weighted by Gasteiger charge is 2.67. The van der Waals surface area contributed by atoms with Crippen LogP contribution in [0.2, 0.25) is 10.0 Å². The Balaban J connectivity index is 1.30. The second-order valence-corrected chi connectivity index (χ2v) is 13.3. The van der Waals surface area contributed by atoms with Gasteiger partial charge in [0.2, 0.25) is 23.6 Å². The number of carbonyl (C=O) groups excluding carboxylic acids is 4. The number of hydrogen-bond donors (Lipinski definition) is 0. The molecule has 7 atom stereocenters. The highest BCUT2D eigenvalue weighted by Crippen LogP contribution is 2.63. The lowest BCUT2D eigenvalue weighted by atomic mass is 9.49. The number of anilines is 2. The molecule has 44 heavy (non-hydrogen) atoms. The van der Waals surface area contributed by atoms with Crippen molar-refractivity contribution >= 4 is 63.8 Å². The number of allylic oxidation sites excluding steroid dienone is 4. The Kier molecular flexibility index (Phi) is 6.10. The van der Waals surface area contributed by atoms with Crippen LogP contribution < -0.4 is 9.80 Å². The third kappa shape index (κ3) is 3.55. The summed E-state index contributed by atoms with van der Waals surface area (Å²) in [5, 5.41) is 0.965. The summed E-state index contributed by atoms with van der Waals surface area (Å²) in [5.74, 6) is -4.65. The van der Waals surface area contributed by atoms with Crippen LogP contribution in [0.4, 0.5) is 11.4 Å². The molecule has 0 aromatic heterocycles. The summed E-state index contributed by atoms with van der Waals surface area (Å²) in [4.78, 5) is 59.8. The van der Waals surface area contributed by atoms with Crippen LogP contribution in [0.5, 0.6) is 0 Å². The molecule has 8 heteroatoms. The van der Waals surface area contributed by atoms with E-state index in [0.29, 0.717) is 39.0 Å². The van der Waals surface area contributed by atoms with Crippen molar-refractivity contribution in [3.05, 3.63) is 111 Å². The van der Waals surface area contributed by atoms with Crippen molar-refractivity contribution in [2.24, 2.45) is 41.4 Å². The molecule has 2 heterocycles. The number of hydrogen-bond acceptors (Lipinski definition) is 4. The molecule has 2 saturated heterocycles. The Morgan fingerprint density at radius 2 is 1.18 bits per heavy atom. The summed E-state index contributed by atoms with van der Waals surface area (Å²) in [5.41, 5.74) is 5.31. The molecule has 6 nitrogen and oxygen atoms in total. The Bertz CT molecular complexity index is 1880. The fourth-order valence-corrected chi connectivity index (χ4v) is 9.01. The fourth-order valence-electron chi connectivity index (χ4n) is 8.67. The molecular formula is C36H28Cl2N2O4. The maximum Gasteiger partial charge on any atom is 0.238 e. The standard InChI is InChI=1S/C36H28Cl2N2O4/c1-17-24(37)10-6-12-26(17)39-33(41)23-16-22(19-8-4-3-5-9-19)28-20-14-15-21(29(28)32(23)36(39)44)31-30(20)34(42)40(35(31)43)27-13-7-11-25(38)18(27)2/h3-15,20-21,23,29-32H,16H2,1-2H3/t20-,21-,23-,29+,30-,31+,32+/m1/s1. The lowest BCUT2D eigenvalue weighted by Gasteiger charge is -2.51. The maximum atomic E-state index is 14.4. The van der Waals surface area contributed by atoms with Gasteiger partial charge >= 0.3 is 0 Å². The van der Waals surface area contributed by atoms with Gasteiger partial charge in [0.15, 0.2) is 0 Å². The molecule has 3 aromatic carbocycles. The minimum Gasteiger partial charge on any atom is -0.274 e. The third-order valence-electron chi connectivity index (χ3n) is 10.6. The summed E-state index contributed by atoms with van der Waals surface area (Å²) in [6.07, 6.45) is 4.46. The van der Waals surface area contributed by atoms with E-state index in [9.17, 15) is 19.2 Å². The van der Waals surface area contributed by atoms with E-state index in [1.807, 2.05) is 50.3 Å². The van der Waals surface area contributed by atoms with E-state index in [2.05, 4.69) is 6.08 Å². The topological polar surface area (TPSA) is 74.8 Å². The summed E-state index contributed by atoms with van der Waals surface area (Å²) in [6.45, 7) is 3.62.